The Hall–Kier alpha value is -3.10. The van der Waals surface area contributed by atoms with Crippen molar-refractivity contribution in [2.75, 3.05) is 19.3 Å². The molecule has 0 radical (unpaired) electrons. The number of aliphatic carboxylic acids is 1. The van der Waals surface area contributed by atoms with Gasteiger partial charge in [0.05, 0.1) is 6.54 Å². The standard InChI is InChI=1S/C30H39NO6S/c1-20-16-22(10-8-9-11-25(32)23-12-14-24(38-7)15-13-23)17-21(2)27(20)36-30(5,6)28(35)37-29(3,4)19-31-18-26(33)34/h9,11-17,31H,8,10,18-19H2,1-7H3,(H,33,34)/b11-9+. The number of rotatable bonds is 14. The van der Waals surface area contributed by atoms with Crippen LogP contribution >= 0.6 is 11.8 Å². The van der Waals surface area contributed by atoms with Crippen molar-refractivity contribution in [3.05, 3.63) is 70.8 Å². The van der Waals surface area contributed by atoms with Crippen molar-refractivity contribution in [3.8, 4) is 5.75 Å². The summed E-state index contributed by atoms with van der Waals surface area (Å²) in [5, 5.41) is 11.5. The molecule has 0 atom stereocenters. The molecule has 206 valence electrons. The fourth-order valence-corrected chi connectivity index (χ4v) is 4.22. The molecule has 0 aliphatic rings. The number of ether oxygens (including phenoxy) is 2. The van der Waals surface area contributed by atoms with E-state index in [0.29, 0.717) is 11.3 Å². The molecule has 38 heavy (non-hydrogen) atoms. The molecule has 0 unspecified atom stereocenters. The first kappa shape index (κ1) is 31.1. The molecule has 0 spiro atoms. The molecule has 0 saturated carbocycles. The van der Waals surface area contributed by atoms with Crippen LogP contribution in [0.1, 0.15) is 61.2 Å². The lowest BCUT2D eigenvalue weighted by Crippen LogP contribution is -2.48. The quantitative estimate of drug-likeness (QED) is 0.139. The number of carboxylic acids is 1. The van der Waals surface area contributed by atoms with Crippen molar-refractivity contribution >= 4 is 29.5 Å². The molecule has 7 nitrogen and oxygen atoms in total. The van der Waals surface area contributed by atoms with Crippen LogP contribution in [0.3, 0.4) is 0 Å². The average Bonchev–Trinajstić information content (AvgIpc) is 2.83. The average molecular weight is 542 g/mol. The number of carbonyl (C=O) groups is 3. The van der Waals surface area contributed by atoms with E-state index in [1.807, 2.05) is 62.6 Å². The minimum Gasteiger partial charge on any atom is -0.480 e. The maximum Gasteiger partial charge on any atom is 0.350 e. The van der Waals surface area contributed by atoms with Gasteiger partial charge in [0, 0.05) is 17.0 Å². The molecule has 0 bridgehead atoms. The van der Waals surface area contributed by atoms with Gasteiger partial charge in [-0.15, -0.1) is 11.8 Å². The minimum atomic E-state index is -1.25. The Kier molecular flexibility index (Phi) is 11.2. The fourth-order valence-electron chi connectivity index (χ4n) is 3.81. The third kappa shape index (κ3) is 9.65. The van der Waals surface area contributed by atoms with Crippen LogP contribution in [-0.4, -0.2) is 53.4 Å². The highest BCUT2D eigenvalue weighted by Crippen LogP contribution is 2.30. The van der Waals surface area contributed by atoms with E-state index in [9.17, 15) is 14.4 Å². The minimum absolute atomic E-state index is 0.0104. The molecular weight excluding hydrogens is 502 g/mol. The van der Waals surface area contributed by atoms with Crippen molar-refractivity contribution in [2.45, 2.75) is 70.5 Å². The van der Waals surface area contributed by atoms with E-state index in [2.05, 4.69) is 5.32 Å². The van der Waals surface area contributed by atoms with E-state index in [0.717, 1.165) is 34.4 Å². The van der Waals surface area contributed by atoms with Crippen LogP contribution in [0.25, 0.3) is 0 Å². The molecule has 0 fully saturated rings. The number of benzene rings is 2. The largest absolute Gasteiger partial charge is 0.480 e. The maximum atomic E-state index is 12.9. The van der Waals surface area contributed by atoms with Gasteiger partial charge in [-0.2, -0.15) is 0 Å². The van der Waals surface area contributed by atoms with Gasteiger partial charge in [0.2, 0.25) is 0 Å². The van der Waals surface area contributed by atoms with Crippen molar-refractivity contribution in [3.63, 3.8) is 0 Å². The second-order valence-corrected chi connectivity index (χ2v) is 11.2. The number of ketones is 1. The summed E-state index contributed by atoms with van der Waals surface area (Å²) >= 11 is 1.64. The summed E-state index contributed by atoms with van der Waals surface area (Å²) in [5.74, 6) is -0.910. The lowest BCUT2D eigenvalue weighted by Gasteiger charge is -2.32. The molecule has 2 aromatic carbocycles. The van der Waals surface area contributed by atoms with Crippen molar-refractivity contribution in [2.24, 2.45) is 0 Å². The molecule has 0 heterocycles. The number of hydrogen-bond donors (Lipinski definition) is 2. The Morgan fingerprint density at radius 2 is 1.63 bits per heavy atom. The zero-order chi connectivity index (χ0) is 28.5. The van der Waals surface area contributed by atoms with Crippen molar-refractivity contribution in [1.82, 2.24) is 5.32 Å². The van der Waals surface area contributed by atoms with Crippen LogP contribution in [0.2, 0.25) is 0 Å². The van der Waals surface area contributed by atoms with E-state index >= 15 is 0 Å². The SMILES string of the molecule is CSc1ccc(C(=O)/C=C/CCc2cc(C)c(OC(C)(C)C(=O)OC(C)(C)CNCC(=O)O)c(C)c2)cc1. The third-order valence-corrected chi connectivity index (χ3v) is 6.55. The number of aryl methyl sites for hydroxylation is 3. The van der Waals surface area contributed by atoms with Crippen LogP contribution in [0, 0.1) is 13.8 Å². The van der Waals surface area contributed by atoms with E-state index in [-0.39, 0.29) is 18.9 Å². The normalized spacial score (nSPS) is 12.0. The van der Waals surface area contributed by atoms with Gasteiger partial charge in [-0.1, -0.05) is 18.2 Å². The molecule has 0 aliphatic carbocycles. The summed E-state index contributed by atoms with van der Waals surface area (Å²) in [7, 11) is 0. The van der Waals surface area contributed by atoms with Gasteiger partial charge in [-0.25, -0.2) is 4.79 Å². The number of esters is 1. The van der Waals surface area contributed by atoms with Gasteiger partial charge in [-0.3, -0.25) is 9.59 Å². The zero-order valence-corrected chi connectivity index (χ0v) is 24.2. The summed E-state index contributed by atoms with van der Waals surface area (Å²) in [4.78, 5) is 37.1. The highest BCUT2D eigenvalue weighted by Gasteiger charge is 2.37. The molecular formula is C30H39NO6S. The first-order valence-corrected chi connectivity index (χ1v) is 13.8. The fraction of sp³-hybridized carbons (Fsp3) is 0.433. The van der Waals surface area contributed by atoms with Crippen LogP contribution < -0.4 is 10.1 Å². The first-order valence-electron chi connectivity index (χ1n) is 12.5. The highest BCUT2D eigenvalue weighted by molar-refractivity contribution is 7.98. The second kappa shape index (κ2) is 13.6. The molecule has 0 saturated heterocycles. The van der Waals surface area contributed by atoms with E-state index in [4.69, 9.17) is 14.6 Å². The van der Waals surface area contributed by atoms with Crippen LogP contribution in [0.5, 0.6) is 5.75 Å². The lowest BCUT2D eigenvalue weighted by atomic mass is 10.0. The van der Waals surface area contributed by atoms with E-state index in [1.54, 1.807) is 45.5 Å². The van der Waals surface area contributed by atoms with Crippen LogP contribution in [-0.2, 0) is 20.7 Å². The number of allylic oxidation sites excluding steroid dienone is 2. The first-order chi connectivity index (χ1) is 17.7. The number of carboxylic acid groups (broad SMARTS) is 1. The van der Waals surface area contributed by atoms with Crippen LogP contribution in [0.15, 0.2) is 53.4 Å². The second-order valence-electron chi connectivity index (χ2n) is 10.4. The number of hydrogen-bond acceptors (Lipinski definition) is 7. The van der Waals surface area contributed by atoms with Gasteiger partial charge in [-0.05, 0) is 108 Å². The summed E-state index contributed by atoms with van der Waals surface area (Å²) in [5.41, 5.74) is 1.43. The van der Waals surface area contributed by atoms with Crippen LogP contribution in [0.4, 0.5) is 0 Å². The summed E-state index contributed by atoms with van der Waals surface area (Å²) < 4.78 is 11.8. The molecule has 0 amide bonds. The molecule has 8 heteroatoms. The smallest absolute Gasteiger partial charge is 0.350 e. The predicted octanol–water partition coefficient (Wildman–Crippen LogP) is 5.55. The highest BCUT2D eigenvalue weighted by atomic mass is 32.2. The predicted molar refractivity (Wildman–Crippen MR) is 151 cm³/mol. The van der Waals surface area contributed by atoms with Gasteiger partial charge >= 0.3 is 11.9 Å². The number of carbonyl (C=O) groups excluding carboxylic acids is 2. The Labute approximate surface area is 230 Å². The van der Waals surface area contributed by atoms with Crippen molar-refractivity contribution in [1.29, 1.82) is 0 Å². The molecule has 0 aromatic heterocycles. The van der Waals surface area contributed by atoms with E-state index in [1.165, 1.54) is 0 Å². The summed E-state index contributed by atoms with van der Waals surface area (Å²) in [6.07, 6.45) is 7.00. The molecule has 2 rings (SSSR count). The number of nitrogens with one attached hydrogen (secondary N) is 1. The zero-order valence-electron chi connectivity index (χ0n) is 23.3. The summed E-state index contributed by atoms with van der Waals surface area (Å²) in [6.45, 7) is 10.6. The number of thioether (sulfide) groups is 1. The summed E-state index contributed by atoms with van der Waals surface area (Å²) in [6, 6.07) is 11.6. The van der Waals surface area contributed by atoms with Gasteiger partial charge in [0.1, 0.15) is 11.4 Å². The Morgan fingerprint density at radius 1 is 1.03 bits per heavy atom. The Balaban J connectivity index is 1.98. The lowest BCUT2D eigenvalue weighted by molar-refractivity contribution is -0.172. The van der Waals surface area contributed by atoms with Gasteiger partial charge in [0.15, 0.2) is 11.4 Å². The Bertz CT molecular complexity index is 1140. The molecule has 2 aromatic rings. The van der Waals surface area contributed by atoms with E-state index < -0.39 is 23.1 Å². The molecule has 2 N–H and O–H groups in total. The topological polar surface area (TPSA) is 102 Å². The maximum absolute atomic E-state index is 12.9. The monoisotopic (exact) mass is 541 g/mol. The molecule has 0 aliphatic heterocycles. The third-order valence-electron chi connectivity index (χ3n) is 5.81. The Morgan fingerprint density at radius 3 is 2.18 bits per heavy atom. The van der Waals surface area contributed by atoms with Gasteiger partial charge in [0.25, 0.3) is 0 Å². The van der Waals surface area contributed by atoms with Gasteiger partial charge < -0.3 is 19.9 Å². The van der Waals surface area contributed by atoms with Crippen molar-refractivity contribution < 1.29 is 29.0 Å².